The van der Waals surface area contributed by atoms with E-state index in [2.05, 4.69) is 28.6 Å². The minimum atomic E-state index is -0.639. The highest BCUT2D eigenvalue weighted by Crippen LogP contribution is 1.64. The van der Waals surface area contributed by atoms with Gasteiger partial charge in [-0.3, -0.25) is 9.89 Å². The first-order valence-corrected chi connectivity index (χ1v) is 2.60. The first kappa shape index (κ1) is 8.03. The van der Waals surface area contributed by atoms with Crippen LogP contribution in [0.3, 0.4) is 0 Å². The Hall–Kier alpha value is -0.970. The molecule has 4 nitrogen and oxygen atoms in total. The molecule has 1 heterocycles. The van der Waals surface area contributed by atoms with Crippen LogP contribution >= 0.6 is 12.6 Å². The van der Waals surface area contributed by atoms with Crippen molar-refractivity contribution in [1.82, 2.24) is 10.2 Å². The molecular weight excluding hydrogens is 138 g/mol. The van der Waals surface area contributed by atoms with Crippen LogP contribution in [0.4, 0.5) is 4.79 Å². The summed E-state index contributed by atoms with van der Waals surface area (Å²) in [7, 11) is 0. The van der Waals surface area contributed by atoms with Crippen LogP contribution in [0.5, 0.6) is 0 Å². The number of thiol groups is 1. The molecule has 9 heavy (non-hydrogen) atoms. The molecule has 1 amide bonds. The number of aromatic nitrogens is 2. The molecule has 1 rings (SSSR count). The summed E-state index contributed by atoms with van der Waals surface area (Å²) in [5.74, 6) is 0. The third kappa shape index (κ3) is 11.0. The third-order valence-corrected chi connectivity index (χ3v) is 0.406. The molecule has 0 bridgehead atoms. The van der Waals surface area contributed by atoms with Gasteiger partial charge in [0.15, 0.2) is 0 Å². The lowest BCUT2D eigenvalue weighted by Crippen LogP contribution is -1.95. The maximum Gasteiger partial charge on any atom is 0.273 e. The van der Waals surface area contributed by atoms with Crippen molar-refractivity contribution in [3.8, 4) is 0 Å². The van der Waals surface area contributed by atoms with Crippen LogP contribution in [0, 0.1) is 0 Å². The molecule has 0 aliphatic heterocycles. The molecule has 0 unspecified atom stereocenters. The van der Waals surface area contributed by atoms with Crippen molar-refractivity contribution in [2.45, 2.75) is 0 Å². The highest BCUT2D eigenvalue weighted by molar-refractivity contribution is 7.96. The van der Waals surface area contributed by atoms with Crippen molar-refractivity contribution >= 4 is 17.9 Å². The molecule has 0 fully saturated rings. The number of nitrogens with zero attached hydrogens (tertiary/aromatic N) is 1. The van der Waals surface area contributed by atoms with Crippen LogP contribution in [0.25, 0.3) is 0 Å². The number of hydrogen-bond donors (Lipinski definition) is 3. The van der Waals surface area contributed by atoms with Gasteiger partial charge in [-0.1, -0.05) is 12.6 Å². The molecule has 0 aliphatic rings. The van der Waals surface area contributed by atoms with Crippen LogP contribution in [0.15, 0.2) is 18.5 Å². The molecule has 5 heteroatoms. The lowest BCUT2D eigenvalue weighted by molar-refractivity contribution is 0.267. The Kier molecular flexibility index (Phi) is 4.61. The number of amides is 1. The van der Waals surface area contributed by atoms with E-state index < -0.39 is 5.24 Å². The maximum absolute atomic E-state index is 9.09. The van der Waals surface area contributed by atoms with Gasteiger partial charge in [-0.15, -0.1) is 0 Å². The summed E-state index contributed by atoms with van der Waals surface area (Å²) in [6.45, 7) is 0. The number of nitrogens with one attached hydrogen (secondary N) is 1. The van der Waals surface area contributed by atoms with E-state index in [0.29, 0.717) is 0 Å². The van der Waals surface area contributed by atoms with Gasteiger partial charge in [0, 0.05) is 12.4 Å². The Morgan fingerprint density at radius 2 is 2.33 bits per heavy atom. The zero-order valence-electron chi connectivity index (χ0n) is 4.61. The van der Waals surface area contributed by atoms with Gasteiger partial charge >= 0.3 is 0 Å². The molecule has 3 N–H and O–H groups in total. The van der Waals surface area contributed by atoms with Gasteiger partial charge in [0.1, 0.15) is 0 Å². The van der Waals surface area contributed by atoms with Crippen molar-refractivity contribution in [3.63, 3.8) is 0 Å². The number of H-pyrrole nitrogens is 1. The zero-order chi connectivity index (χ0) is 7.11. The van der Waals surface area contributed by atoms with Crippen molar-refractivity contribution in [3.05, 3.63) is 18.5 Å². The fourth-order valence-electron chi connectivity index (χ4n) is 0.215. The topological polar surface area (TPSA) is 71.8 Å². The van der Waals surface area contributed by atoms with E-state index in [1.807, 2.05) is 6.07 Å². The van der Waals surface area contributed by atoms with E-state index in [-0.39, 0.29) is 0 Å². The zero-order valence-corrected chi connectivity index (χ0v) is 5.51. The molecule has 0 atom stereocenters. The number of nitrogens with two attached hydrogens (primary N) is 1. The number of rotatable bonds is 0. The molecule has 0 aliphatic carbocycles. The second-order valence-electron chi connectivity index (χ2n) is 1.10. The fraction of sp³-hybridized carbons (Fsp3) is 0. The summed E-state index contributed by atoms with van der Waals surface area (Å²) in [6.07, 6.45) is 3.46. The van der Waals surface area contributed by atoms with E-state index in [1.54, 1.807) is 12.4 Å². The van der Waals surface area contributed by atoms with Gasteiger partial charge in [-0.25, -0.2) is 0 Å². The molecule has 0 spiro atoms. The Morgan fingerprint density at radius 3 is 2.44 bits per heavy atom. The van der Waals surface area contributed by atoms with Crippen LogP contribution in [-0.2, 0) is 0 Å². The quantitative estimate of drug-likeness (QED) is 0.462. The maximum atomic E-state index is 9.09. The minimum Gasteiger partial charge on any atom is -0.361 e. The Morgan fingerprint density at radius 1 is 1.78 bits per heavy atom. The summed E-state index contributed by atoms with van der Waals surface area (Å²) >= 11 is 3.10. The number of hydrogen-bond acceptors (Lipinski definition) is 2. The first-order valence-electron chi connectivity index (χ1n) is 2.15. The van der Waals surface area contributed by atoms with E-state index in [4.69, 9.17) is 4.79 Å². The second kappa shape index (κ2) is 5.17. The molecule has 0 radical (unpaired) electrons. The summed E-state index contributed by atoms with van der Waals surface area (Å²) in [5.41, 5.74) is 4.34. The van der Waals surface area contributed by atoms with Crippen LogP contribution in [0.1, 0.15) is 0 Å². The predicted octanol–water partition coefficient (Wildman–Crippen LogP) is 0.405. The van der Waals surface area contributed by atoms with E-state index >= 15 is 0 Å². The monoisotopic (exact) mass is 145 g/mol. The molecule has 0 saturated carbocycles. The van der Waals surface area contributed by atoms with Gasteiger partial charge < -0.3 is 5.73 Å². The van der Waals surface area contributed by atoms with Gasteiger partial charge in [-0.05, 0) is 6.07 Å². The van der Waals surface area contributed by atoms with Crippen molar-refractivity contribution in [2.24, 2.45) is 5.73 Å². The van der Waals surface area contributed by atoms with Crippen LogP contribution in [0.2, 0.25) is 0 Å². The van der Waals surface area contributed by atoms with Crippen LogP contribution < -0.4 is 5.73 Å². The predicted molar refractivity (Wildman–Crippen MR) is 37.2 cm³/mol. The molecule has 0 saturated heterocycles. The van der Waals surface area contributed by atoms with Crippen molar-refractivity contribution < 1.29 is 4.79 Å². The van der Waals surface area contributed by atoms with Crippen molar-refractivity contribution in [1.29, 1.82) is 0 Å². The number of carbonyl (C=O) groups is 1. The van der Waals surface area contributed by atoms with Crippen molar-refractivity contribution in [2.75, 3.05) is 0 Å². The Bertz CT molecular complexity index is 130. The lowest BCUT2D eigenvalue weighted by atomic mass is 10.8. The van der Waals surface area contributed by atoms with Gasteiger partial charge in [0.25, 0.3) is 5.24 Å². The molecule has 50 valence electrons. The number of aromatic amines is 1. The highest BCUT2D eigenvalue weighted by Gasteiger charge is 1.63. The smallest absolute Gasteiger partial charge is 0.273 e. The van der Waals surface area contributed by atoms with E-state index in [1.165, 1.54) is 0 Å². The molecular formula is C4H7N3OS. The van der Waals surface area contributed by atoms with Gasteiger partial charge in [0.2, 0.25) is 0 Å². The summed E-state index contributed by atoms with van der Waals surface area (Å²) < 4.78 is 0. The number of primary amides is 1. The largest absolute Gasteiger partial charge is 0.361 e. The minimum absolute atomic E-state index is 0.639. The first-order chi connectivity index (χ1) is 4.23. The number of carbonyl (C=O) groups excluding carboxylic acids is 1. The third-order valence-electron chi connectivity index (χ3n) is 0.406. The summed E-state index contributed by atoms with van der Waals surface area (Å²) in [6, 6.07) is 1.83. The Balaban J connectivity index is 0.000000148. The second-order valence-corrected chi connectivity index (χ2v) is 1.55. The fourth-order valence-corrected chi connectivity index (χ4v) is 0.215. The summed E-state index contributed by atoms with van der Waals surface area (Å²) in [4.78, 5) is 9.09. The Labute approximate surface area is 57.9 Å². The average molecular weight is 145 g/mol. The van der Waals surface area contributed by atoms with Gasteiger partial charge in [0.05, 0.1) is 0 Å². The molecule has 0 aromatic carbocycles. The highest BCUT2D eigenvalue weighted by atomic mass is 32.1. The summed E-state index contributed by atoms with van der Waals surface area (Å²) in [5, 5.41) is 5.57. The normalized spacial score (nSPS) is 7.22. The standard InChI is InChI=1S/C3H4N2.CH3NOS/c1-2-4-5-3-1;2-1(3)4/h1-3H,(H,4,5);(H3,2,3,4). The molecule has 1 aromatic rings. The van der Waals surface area contributed by atoms with Gasteiger partial charge in [-0.2, -0.15) is 5.10 Å². The molecule has 1 aromatic heterocycles. The van der Waals surface area contributed by atoms with E-state index in [9.17, 15) is 0 Å². The SMILES string of the molecule is NC(=O)S.c1cn[nH]c1. The average Bonchev–Trinajstić information content (AvgIpc) is 2.11. The lowest BCUT2D eigenvalue weighted by Gasteiger charge is -1.58. The van der Waals surface area contributed by atoms with Crippen LogP contribution in [-0.4, -0.2) is 15.4 Å². The van der Waals surface area contributed by atoms with E-state index in [0.717, 1.165) is 0 Å².